The van der Waals surface area contributed by atoms with E-state index in [1.165, 1.54) is 11.3 Å². The predicted octanol–water partition coefficient (Wildman–Crippen LogP) is 4.40. The number of hydrogen-bond acceptors (Lipinski definition) is 2. The molecule has 0 spiro atoms. The van der Waals surface area contributed by atoms with E-state index in [9.17, 15) is 0 Å². The lowest BCUT2D eigenvalue weighted by Gasteiger charge is -2.19. The molecule has 2 aromatic rings. The Morgan fingerprint density at radius 2 is 2.05 bits per heavy atom. The van der Waals surface area contributed by atoms with E-state index in [0.717, 1.165) is 34.0 Å². The third-order valence-corrected chi connectivity index (χ3v) is 5.01. The van der Waals surface area contributed by atoms with E-state index in [1.807, 2.05) is 11.7 Å². The molecule has 5 heteroatoms. The van der Waals surface area contributed by atoms with Crippen molar-refractivity contribution in [1.29, 1.82) is 0 Å². The first-order valence-corrected chi connectivity index (χ1v) is 8.84. The lowest BCUT2D eigenvalue weighted by molar-refractivity contribution is 0.527. The molecular weight excluding hydrogens is 394 g/mol. The SMILES string of the molecule is CCNC(Cc1c(Br)c(CC)nn1C)c1cccc(Br)c1. The van der Waals surface area contributed by atoms with Crippen LogP contribution in [-0.2, 0) is 19.9 Å². The van der Waals surface area contributed by atoms with Crippen LogP contribution in [0.4, 0.5) is 0 Å². The number of nitrogens with zero attached hydrogens (tertiary/aromatic N) is 2. The zero-order valence-electron chi connectivity index (χ0n) is 12.7. The minimum absolute atomic E-state index is 0.281. The van der Waals surface area contributed by atoms with Gasteiger partial charge in [0.15, 0.2) is 0 Å². The van der Waals surface area contributed by atoms with Crippen LogP contribution >= 0.6 is 31.9 Å². The van der Waals surface area contributed by atoms with Crippen LogP contribution in [0.3, 0.4) is 0 Å². The van der Waals surface area contributed by atoms with Gasteiger partial charge in [0.25, 0.3) is 0 Å². The molecule has 3 nitrogen and oxygen atoms in total. The van der Waals surface area contributed by atoms with Gasteiger partial charge in [-0.2, -0.15) is 5.10 Å². The summed E-state index contributed by atoms with van der Waals surface area (Å²) in [7, 11) is 2.02. The van der Waals surface area contributed by atoms with Crippen molar-refractivity contribution in [3.05, 3.63) is 50.2 Å². The zero-order chi connectivity index (χ0) is 15.4. The summed E-state index contributed by atoms with van der Waals surface area (Å²) in [6.07, 6.45) is 1.85. The Morgan fingerprint density at radius 1 is 1.29 bits per heavy atom. The number of likely N-dealkylation sites (N-methyl/N-ethyl adjacent to an activating group) is 1. The Kier molecular flexibility index (Phi) is 6.02. The molecule has 0 fully saturated rings. The molecule has 114 valence electrons. The van der Waals surface area contributed by atoms with Crippen LogP contribution in [0.2, 0.25) is 0 Å². The molecule has 2 rings (SSSR count). The Balaban J connectivity index is 2.30. The normalized spacial score (nSPS) is 12.6. The van der Waals surface area contributed by atoms with Crippen molar-refractivity contribution in [3.8, 4) is 0 Å². The summed E-state index contributed by atoms with van der Waals surface area (Å²) < 4.78 is 4.25. The highest BCUT2D eigenvalue weighted by Gasteiger charge is 2.18. The fourth-order valence-electron chi connectivity index (χ4n) is 2.51. The van der Waals surface area contributed by atoms with Crippen LogP contribution in [0.1, 0.15) is 36.8 Å². The van der Waals surface area contributed by atoms with Crippen molar-refractivity contribution in [2.75, 3.05) is 6.54 Å². The van der Waals surface area contributed by atoms with Gasteiger partial charge in [-0.25, -0.2) is 0 Å². The van der Waals surface area contributed by atoms with Gasteiger partial charge in [0.05, 0.1) is 15.9 Å². The first kappa shape index (κ1) is 16.7. The standard InChI is InChI=1S/C16H21Br2N3/c1-4-13-16(18)15(21(3)20-13)10-14(19-5-2)11-7-6-8-12(17)9-11/h6-9,14,19H,4-5,10H2,1-3H3. The average Bonchev–Trinajstić information content (AvgIpc) is 2.74. The fourth-order valence-corrected chi connectivity index (χ4v) is 3.71. The summed E-state index contributed by atoms with van der Waals surface area (Å²) in [5, 5.41) is 8.16. The highest BCUT2D eigenvalue weighted by Crippen LogP contribution is 2.27. The maximum Gasteiger partial charge on any atom is 0.0766 e. The molecular formula is C16H21Br2N3. The summed E-state index contributed by atoms with van der Waals surface area (Å²) >= 11 is 7.27. The van der Waals surface area contributed by atoms with Gasteiger partial charge in [-0.1, -0.05) is 41.9 Å². The van der Waals surface area contributed by atoms with Gasteiger partial charge in [0.2, 0.25) is 0 Å². The number of aromatic nitrogens is 2. The van der Waals surface area contributed by atoms with Gasteiger partial charge < -0.3 is 5.32 Å². The van der Waals surface area contributed by atoms with Crippen LogP contribution < -0.4 is 5.32 Å². The second kappa shape index (κ2) is 7.56. The van der Waals surface area contributed by atoms with Crippen LogP contribution in [0.5, 0.6) is 0 Å². The average molecular weight is 415 g/mol. The predicted molar refractivity (Wildman–Crippen MR) is 94.5 cm³/mol. The monoisotopic (exact) mass is 413 g/mol. The highest BCUT2D eigenvalue weighted by molar-refractivity contribution is 9.10. The van der Waals surface area contributed by atoms with Gasteiger partial charge in [0, 0.05) is 24.0 Å². The Morgan fingerprint density at radius 3 is 2.62 bits per heavy atom. The molecule has 1 unspecified atom stereocenters. The zero-order valence-corrected chi connectivity index (χ0v) is 15.8. The summed E-state index contributed by atoms with van der Waals surface area (Å²) in [4.78, 5) is 0. The lowest BCUT2D eigenvalue weighted by Crippen LogP contribution is -2.24. The molecule has 0 saturated heterocycles. The maximum absolute atomic E-state index is 4.59. The quantitative estimate of drug-likeness (QED) is 0.758. The molecule has 0 radical (unpaired) electrons. The highest BCUT2D eigenvalue weighted by atomic mass is 79.9. The van der Waals surface area contributed by atoms with Crippen molar-refractivity contribution in [1.82, 2.24) is 15.1 Å². The number of halogens is 2. The molecule has 1 aromatic heterocycles. The fraction of sp³-hybridized carbons (Fsp3) is 0.438. The third kappa shape index (κ3) is 3.96. The molecule has 0 aliphatic heterocycles. The Bertz CT molecular complexity index is 608. The van der Waals surface area contributed by atoms with Crippen molar-refractivity contribution < 1.29 is 0 Å². The summed E-state index contributed by atoms with van der Waals surface area (Å²) in [5.41, 5.74) is 3.65. The lowest BCUT2D eigenvalue weighted by atomic mass is 10.0. The van der Waals surface area contributed by atoms with E-state index >= 15 is 0 Å². The molecule has 0 bridgehead atoms. The topological polar surface area (TPSA) is 29.9 Å². The largest absolute Gasteiger partial charge is 0.310 e. The van der Waals surface area contributed by atoms with Crippen LogP contribution in [-0.4, -0.2) is 16.3 Å². The second-order valence-electron chi connectivity index (χ2n) is 5.05. The molecule has 1 N–H and O–H groups in total. The Hall–Kier alpha value is -0.650. The van der Waals surface area contributed by atoms with Crippen molar-refractivity contribution in [2.24, 2.45) is 7.05 Å². The van der Waals surface area contributed by atoms with E-state index in [-0.39, 0.29) is 6.04 Å². The molecule has 21 heavy (non-hydrogen) atoms. The minimum Gasteiger partial charge on any atom is -0.310 e. The molecule has 1 atom stereocenters. The summed E-state index contributed by atoms with van der Waals surface area (Å²) in [6.45, 7) is 5.21. The van der Waals surface area contributed by atoms with E-state index in [2.05, 4.69) is 80.4 Å². The molecule has 0 saturated carbocycles. The van der Waals surface area contributed by atoms with Gasteiger partial charge >= 0.3 is 0 Å². The van der Waals surface area contributed by atoms with E-state index in [1.54, 1.807) is 0 Å². The number of rotatable bonds is 6. The van der Waals surface area contributed by atoms with E-state index in [4.69, 9.17) is 0 Å². The smallest absolute Gasteiger partial charge is 0.0766 e. The molecule has 0 aliphatic rings. The number of benzene rings is 1. The van der Waals surface area contributed by atoms with Gasteiger partial charge in [-0.05, 0) is 46.6 Å². The third-order valence-electron chi connectivity index (χ3n) is 3.60. The van der Waals surface area contributed by atoms with Crippen molar-refractivity contribution in [2.45, 2.75) is 32.7 Å². The van der Waals surface area contributed by atoms with Crippen molar-refractivity contribution in [3.63, 3.8) is 0 Å². The van der Waals surface area contributed by atoms with Gasteiger partial charge in [-0.15, -0.1) is 0 Å². The first-order valence-electron chi connectivity index (χ1n) is 7.25. The van der Waals surface area contributed by atoms with Gasteiger partial charge in [0.1, 0.15) is 0 Å². The molecule has 0 aliphatic carbocycles. The minimum atomic E-state index is 0.281. The molecule has 1 aromatic carbocycles. The second-order valence-corrected chi connectivity index (χ2v) is 6.76. The van der Waals surface area contributed by atoms with Crippen LogP contribution in [0, 0.1) is 0 Å². The van der Waals surface area contributed by atoms with Crippen LogP contribution in [0.25, 0.3) is 0 Å². The van der Waals surface area contributed by atoms with Gasteiger partial charge in [-0.3, -0.25) is 4.68 Å². The van der Waals surface area contributed by atoms with E-state index < -0.39 is 0 Å². The molecule has 1 heterocycles. The Labute approximate surface area is 143 Å². The number of aryl methyl sites for hydroxylation is 2. The van der Waals surface area contributed by atoms with E-state index in [0.29, 0.717) is 0 Å². The number of nitrogens with one attached hydrogen (secondary N) is 1. The number of hydrogen-bond donors (Lipinski definition) is 1. The molecule has 0 amide bonds. The summed E-state index contributed by atoms with van der Waals surface area (Å²) in [6, 6.07) is 8.77. The van der Waals surface area contributed by atoms with Crippen molar-refractivity contribution >= 4 is 31.9 Å². The van der Waals surface area contributed by atoms with Crippen LogP contribution in [0.15, 0.2) is 33.2 Å². The summed E-state index contributed by atoms with van der Waals surface area (Å²) in [5.74, 6) is 0. The maximum atomic E-state index is 4.59. The first-order chi connectivity index (χ1) is 10.1.